The summed E-state index contributed by atoms with van der Waals surface area (Å²) in [4.78, 5) is 12.5. The molecule has 3 nitrogen and oxygen atoms in total. The molecule has 2 rings (SSSR count). The van der Waals surface area contributed by atoms with Crippen LogP contribution in [-0.2, 0) is 11.2 Å². The van der Waals surface area contributed by atoms with Crippen LogP contribution in [0.15, 0.2) is 46.9 Å². The number of nitrogens with one attached hydrogen (secondary N) is 1. The van der Waals surface area contributed by atoms with Gasteiger partial charge < -0.3 is 0 Å². The molecule has 0 aliphatic rings. The van der Waals surface area contributed by atoms with Crippen LogP contribution in [0.25, 0.3) is 0 Å². The zero-order chi connectivity index (χ0) is 12.8. The Morgan fingerprint density at radius 2 is 2.17 bits per heavy atom. The van der Waals surface area contributed by atoms with Crippen LogP contribution >= 0.6 is 22.9 Å². The number of hydrazone groups is 1. The molecule has 18 heavy (non-hydrogen) atoms. The molecule has 0 unspecified atom stereocenters. The van der Waals surface area contributed by atoms with Crippen LogP contribution in [0.5, 0.6) is 0 Å². The van der Waals surface area contributed by atoms with E-state index in [1.54, 1.807) is 17.4 Å². The van der Waals surface area contributed by atoms with Crippen molar-refractivity contribution in [3.05, 3.63) is 57.2 Å². The van der Waals surface area contributed by atoms with E-state index in [2.05, 4.69) is 10.5 Å². The molecule has 92 valence electrons. The lowest BCUT2D eigenvalue weighted by molar-refractivity contribution is -0.120. The van der Waals surface area contributed by atoms with Crippen LogP contribution in [0.4, 0.5) is 0 Å². The molecule has 0 atom stereocenters. The number of rotatable bonds is 4. The lowest BCUT2D eigenvalue weighted by atomic mass is 10.2. The Hall–Kier alpha value is -1.65. The van der Waals surface area contributed by atoms with Crippen LogP contribution in [0.1, 0.15) is 10.4 Å². The molecule has 0 spiro atoms. The Labute approximate surface area is 114 Å². The Balaban J connectivity index is 1.88. The van der Waals surface area contributed by atoms with Crippen molar-refractivity contribution < 1.29 is 4.79 Å². The first kappa shape index (κ1) is 12.8. The van der Waals surface area contributed by atoms with E-state index in [1.807, 2.05) is 35.7 Å². The molecule has 2 aromatic rings. The zero-order valence-corrected chi connectivity index (χ0v) is 11.0. The van der Waals surface area contributed by atoms with Crippen LogP contribution in [0.2, 0.25) is 5.02 Å². The molecule has 1 amide bonds. The molecule has 0 aliphatic carbocycles. The molecule has 0 aliphatic heterocycles. The van der Waals surface area contributed by atoms with E-state index in [0.29, 0.717) is 11.4 Å². The number of benzene rings is 1. The summed E-state index contributed by atoms with van der Waals surface area (Å²) in [6, 6.07) is 11.1. The molecule has 0 saturated heterocycles. The van der Waals surface area contributed by atoms with E-state index in [9.17, 15) is 4.79 Å². The lowest BCUT2D eigenvalue weighted by Gasteiger charge is -1.98. The van der Waals surface area contributed by atoms with Crippen molar-refractivity contribution in [3.63, 3.8) is 0 Å². The SMILES string of the molecule is O=C(Cc1cccs1)N/N=C\c1ccccc1Cl. The highest BCUT2D eigenvalue weighted by Crippen LogP contribution is 2.12. The van der Waals surface area contributed by atoms with Gasteiger partial charge in [-0.3, -0.25) is 4.79 Å². The Bertz CT molecular complexity index is 552. The average Bonchev–Trinajstić information content (AvgIpc) is 2.84. The first-order valence-corrected chi connectivity index (χ1v) is 6.60. The summed E-state index contributed by atoms with van der Waals surface area (Å²) in [7, 11) is 0. The van der Waals surface area contributed by atoms with Crippen LogP contribution < -0.4 is 5.43 Å². The second-order valence-corrected chi connectivity index (χ2v) is 5.01. The first-order valence-electron chi connectivity index (χ1n) is 5.34. The van der Waals surface area contributed by atoms with E-state index in [0.717, 1.165) is 10.4 Å². The topological polar surface area (TPSA) is 41.5 Å². The maximum Gasteiger partial charge on any atom is 0.245 e. The fraction of sp³-hybridized carbons (Fsp3) is 0.0769. The highest BCUT2D eigenvalue weighted by atomic mass is 35.5. The maximum atomic E-state index is 11.5. The Morgan fingerprint density at radius 3 is 2.89 bits per heavy atom. The number of amides is 1. The standard InChI is InChI=1S/C13H11ClN2OS/c14-12-6-2-1-4-10(12)9-15-16-13(17)8-11-5-3-7-18-11/h1-7,9H,8H2,(H,16,17)/b15-9-. The van der Waals surface area contributed by atoms with Crippen molar-refractivity contribution in [2.24, 2.45) is 5.10 Å². The van der Waals surface area contributed by atoms with E-state index in [-0.39, 0.29) is 5.91 Å². The molecule has 0 radical (unpaired) electrons. The van der Waals surface area contributed by atoms with Gasteiger partial charge in [-0.1, -0.05) is 35.9 Å². The van der Waals surface area contributed by atoms with E-state index < -0.39 is 0 Å². The van der Waals surface area contributed by atoms with Gasteiger partial charge in [0.2, 0.25) is 5.91 Å². The van der Waals surface area contributed by atoms with Crippen molar-refractivity contribution >= 4 is 35.1 Å². The third-order valence-electron chi connectivity index (χ3n) is 2.21. The summed E-state index contributed by atoms with van der Waals surface area (Å²) in [5, 5.41) is 6.42. The van der Waals surface area contributed by atoms with E-state index in [4.69, 9.17) is 11.6 Å². The Kier molecular flexibility index (Phi) is 4.50. The van der Waals surface area contributed by atoms with Gasteiger partial charge >= 0.3 is 0 Å². The third kappa shape index (κ3) is 3.68. The second kappa shape index (κ2) is 6.33. The van der Waals surface area contributed by atoms with Gasteiger partial charge in [0.15, 0.2) is 0 Å². The van der Waals surface area contributed by atoms with Gasteiger partial charge in [0.25, 0.3) is 0 Å². The molecule has 0 fully saturated rings. The van der Waals surface area contributed by atoms with Gasteiger partial charge in [-0.05, 0) is 17.5 Å². The van der Waals surface area contributed by atoms with E-state index in [1.165, 1.54) is 6.21 Å². The van der Waals surface area contributed by atoms with Gasteiger partial charge in [-0.15, -0.1) is 11.3 Å². The van der Waals surface area contributed by atoms with Gasteiger partial charge in [0.05, 0.1) is 12.6 Å². The molecule has 1 aromatic carbocycles. The molecule has 5 heteroatoms. The van der Waals surface area contributed by atoms with Gasteiger partial charge in [-0.25, -0.2) is 5.43 Å². The van der Waals surface area contributed by atoms with Crippen molar-refractivity contribution in [2.45, 2.75) is 6.42 Å². The number of hydrogen-bond donors (Lipinski definition) is 1. The predicted octanol–water partition coefficient (Wildman–Crippen LogP) is 3.09. The normalized spacial score (nSPS) is 10.7. The van der Waals surface area contributed by atoms with Crippen molar-refractivity contribution in [1.29, 1.82) is 0 Å². The van der Waals surface area contributed by atoms with Crippen LogP contribution in [0, 0.1) is 0 Å². The number of carbonyl (C=O) groups is 1. The van der Waals surface area contributed by atoms with Crippen molar-refractivity contribution in [2.75, 3.05) is 0 Å². The highest BCUT2D eigenvalue weighted by molar-refractivity contribution is 7.10. The second-order valence-electron chi connectivity index (χ2n) is 3.57. The van der Waals surface area contributed by atoms with Gasteiger partial charge in [-0.2, -0.15) is 5.10 Å². The number of nitrogens with zero attached hydrogens (tertiary/aromatic N) is 1. The maximum absolute atomic E-state index is 11.5. The zero-order valence-electron chi connectivity index (χ0n) is 9.47. The molecule has 1 N–H and O–H groups in total. The van der Waals surface area contributed by atoms with Crippen molar-refractivity contribution in [3.8, 4) is 0 Å². The largest absolute Gasteiger partial charge is 0.273 e. The quantitative estimate of drug-likeness (QED) is 0.678. The van der Waals surface area contributed by atoms with Crippen LogP contribution in [-0.4, -0.2) is 12.1 Å². The summed E-state index contributed by atoms with van der Waals surface area (Å²) in [5.41, 5.74) is 3.25. The molecule has 0 saturated carbocycles. The molecule has 1 aromatic heterocycles. The number of carbonyl (C=O) groups excluding carboxylic acids is 1. The number of thiophene rings is 1. The van der Waals surface area contributed by atoms with Gasteiger partial charge in [0.1, 0.15) is 0 Å². The number of hydrogen-bond acceptors (Lipinski definition) is 3. The molecule has 1 heterocycles. The minimum absolute atomic E-state index is 0.138. The first-order chi connectivity index (χ1) is 8.75. The van der Waals surface area contributed by atoms with Crippen molar-refractivity contribution in [1.82, 2.24) is 5.43 Å². The minimum atomic E-state index is -0.138. The summed E-state index contributed by atoms with van der Waals surface area (Å²) in [6.45, 7) is 0. The smallest absolute Gasteiger partial charge is 0.245 e. The summed E-state index contributed by atoms with van der Waals surface area (Å²) in [5.74, 6) is -0.138. The predicted molar refractivity (Wildman–Crippen MR) is 75.2 cm³/mol. The Morgan fingerprint density at radius 1 is 1.33 bits per heavy atom. The monoisotopic (exact) mass is 278 g/mol. The minimum Gasteiger partial charge on any atom is -0.273 e. The highest BCUT2D eigenvalue weighted by Gasteiger charge is 2.02. The number of halogens is 1. The molecular weight excluding hydrogens is 268 g/mol. The summed E-state index contributed by atoms with van der Waals surface area (Å²) < 4.78 is 0. The fourth-order valence-corrected chi connectivity index (χ4v) is 2.25. The molecular formula is C13H11ClN2OS. The van der Waals surface area contributed by atoms with Gasteiger partial charge in [0, 0.05) is 15.5 Å². The van der Waals surface area contributed by atoms with Crippen LogP contribution in [0.3, 0.4) is 0 Å². The lowest BCUT2D eigenvalue weighted by Crippen LogP contribution is -2.19. The average molecular weight is 279 g/mol. The fourth-order valence-electron chi connectivity index (χ4n) is 1.36. The molecule has 0 bridgehead atoms. The van der Waals surface area contributed by atoms with E-state index >= 15 is 0 Å². The summed E-state index contributed by atoms with van der Waals surface area (Å²) >= 11 is 7.50. The summed E-state index contributed by atoms with van der Waals surface area (Å²) in [6.07, 6.45) is 1.88. The third-order valence-corrected chi connectivity index (χ3v) is 3.43.